The van der Waals surface area contributed by atoms with Gasteiger partial charge in [0.25, 0.3) is 5.91 Å². The minimum Gasteiger partial charge on any atom is -0.459 e. The number of rotatable bonds is 6. The highest BCUT2D eigenvalue weighted by Gasteiger charge is 2.16. The lowest BCUT2D eigenvalue weighted by Gasteiger charge is -2.14. The number of carbonyl (C=O) groups excluding carboxylic acids is 2. The average Bonchev–Trinajstić information content (AvgIpc) is 3.16. The van der Waals surface area contributed by atoms with Crippen molar-refractivity contribution in [1.82, 2.24) is 0 Å². The number of furan rings is 1. The summed E-state index contributed by atoms with van der Waals surface area (Å²) in [6.07, 6.45) is 1.46. The maximum absolute atomic E-state index is 12.5. The molecule has 1 aromatic heterocycles. The van der Waals surface area contributed by atoms with Crippen LogP contribution in [0.15, 0.2) is 70.2 Å². The summed E-state index contributed by atoms with van der Waals surface area (Å²) in [7, 11) is 0. The second-order valence-electron chi connectivity index (χ2n) is 6.58. The van der Waals surface area contributed by atoms with Crippen LogP contribution in [0.1, 0.15) is 28.6 Å². The number of nitrogens with one attached hydrogen (secondary N) is 2. The third kappa shape index (κ3) is 5.27. The number of thioether (sulfide) groups is 1. The molecule has 144 valence electrons. The number of amides is 2. The molecule has 0 radical (unpaired) electrons. The summed E-state index contributed by atoms with van der Waals surface area (Å²) >= 11 is 1.43. The van der Waals surface area contributed by atoms with Gasteiger partial charge in [0.05, 0.1) is 11.5 Å². The van der Waals surface area contributed by atoms with Crippen molar-refractivity contribution in [3.8, 4) is 0 Å². The number of anilines is 2. The SMILES string of the molecule is Cc1cc(C)cc(NC(=O)C(C)Sc2cccc(NC(=O)c3ccco3)c2)c1. The second kappa shape index (κ2) is 8.80. The van der Waals surface area contributed by atoms with Crippen molar-refractivity contribution in [2.75, 3.05) is 10.6 Å². The first kappa shape index (κ1) is 19.8. The maximum Gasteiger partial charge on any atom is 0.291 e. The highest BCUT2D eigenvalue weighted by atomic mass is 32.2. The molecule has 0 saturated heterocycles. The molecule has 0 saturated carbocycles. The van der Waals surface area contributed by atoms with Crippen LogP contribution in [0.2, 0.25) is 0 Å². The van der Waals surface area contributed by atoms with Crippen LogP contribution in [0, 0.1) is 13.8 Å². The summed E-state index contributed by atoms with van der Waals surface area (Å²) in [6.45, 7) is 5.86. The molecule has 5 nitrogen and oxygen atoms in total. The van der Waals surface area contributed by atoms with Gasteiger partial charge in [0.1, 0.15) is 0 Å². The van der Waals surface area contributed by atoms with Crippen LogP contribution < -0.4 is 10.6 Å². The molecule has 1 heterocycles. The van der Waals surface area contributed by atoms with Gasteiger partial charge in [-0.1, -0.05) is 12.1 Å². The Hall–Kier alpha value is -2.99. The predicted molar refractivity (Wildman–Crippen MR) is 113 cm³/mol. The second-order valence-corrected chi connectivity index (χ2v) is 8.00. The van der Waals surface area contributed by atoms with E-state index in [-0.39, 0.29) is 22.8 Å². The fourth-order valence-corrected chi connectivity index (χ4v) is 3.72. The summed E-state index contributed by atoms with van der Waals surface area (Å²) in [5, 5.41) is 5.47. The minimum atomic E-state index is -0.312. The average molecular weight is 394 g/mol. The molecule has 3 aromatic rings. The zero-order valence-corrected chi connectivity index (χ0v) is 16.8. The van der Waals surface area contributed by atoms with Crippen molar-refractivity contribution >= 4 is 35.0 Å². The van der Waals surface area contributed by atoms with Gasteiger partial charge in [0.2, 0.25) is 5.91 Å². The van der Waals surface area contributed by atoms with Crippen LogP contribution in [0.3, 0.4) is 0 Å². The molecule has 0 aliphatic carbocycles. The lowest BCUT2D eigenvalue weighted by atomic mass is 10.1. The molecule has 6 heteroatoms. The fraction of sp³-hybridized carbons (Fsp3) is 0.182. The Kier molecular flexibility index (Phi) is 6.21. The summed E-state index contributed by atoms with van der Waals surface area (Å²) in [5.74, 6) is -0.132. The van der Waals surface area contributed by atoms with Gasteiger partial charge in [-0.2, -0.15) is 0 Å². The van der Waals surface area contributed by atoms with Crippen LogP contribution in [0.4, 0.5) is 11.4 Å². The number of aryl methyl sites for hydroxylation is 2. The van der Waals surface area contributed by atoms with E-state index in [9.17, 15) is 9.59 Å². The zero-order valence-electron chi connectivity index (χ0n) is 16.0. The Labute approximate surface area is 168 Å². The van der Waals surface area contributed by atoms with Gasteiger partial charge >= 0.3 is 0 Å². The molecule has 2 aromatic carbocycles. The molecule has 0 aliphatic rings. The van der Waals surface area contributed by atoms with Crippen LogP contribution in [-0.4, -0.2) is 17.1 Å². The van der Waals surface area contributed by atoms with Crippen molar-refractivity contribution in [3.05, 3.63) is 77.7 Å². The van der Waals surface area contributed by atoms with Gasteiger partial charge in [0.15, 0.2) is 5.76 Å². The Morgan fingerprint density at radius 2 is 1.68 bits per heavy atom. The van der Waals surface area contributed by atoms with Crippen LogP contribution in [0.5, 0.6) is 0 Å². The molecule has 28 heavy (non-hydrogen) atoms. The number of hydrogen-bond donors (Lipinski definition) is 2. The summed E-state index contributed by atoms with van der Waals surface area (Å²) in [6, 6.07) is 16.6. The highest BCUT2D eigenvalue weighted by molar-refractivity contribution is 8.00. The molecular weight excluding hydrogens is 372 g/mol. The van der Waals surface area contributed by atoms with E-state index < -0.39 is 0 Å². The first-order chi connectivity index (χ1) is 13.4. The van der Waals surface area contributed by atoms with Crippen LogP contribution in [-0.2, 0) is 4.79 Å². The zero-order chi connectivity index (χ0) is 20.1. The molecule has 1 atom stereocenters. The molecule has 0 aliphatic heterocycles. The van der Waals surface area contributed by atoms with E-state index in [0.717, 1.165) is 21.7 Å². The Morgan fingerprint density at radius 3 is 2.36 bits per heavy atom. The normalized spacial score (nSPS) is 11.7. The topological polar surface area (TPSA) is 71.3 Å². The predicted octanol–water partition coefficient (Wildman–Crippen LogP) is 5.27. The Bertz CT molecular complexity index is 963. The molecule has 3 rings (SSSR count). The summed E-state index contributed by atoms with van der Waals surface area (Å²) < 4.78 is 5.10. The Balaban J connectivity index is 1.62. The fourth-order valence-electron chi connectivity index (χ4n) is 2.80. The van der Waals surface area contributed by atoms with Crippen molar-refractivity contribution in [1.29, 1.82) is 0 Å². The van der Waals surface area contributed by atoms with Gasteiger partial charge < -0.3 is 15.1 Å². The van der Waals surface area contributed by atoms with Gasteiger partial charge in [0, 0.05) is 16.3 Å². The quantitative estimate of drug-likeness (QED) is 0.559. The molecule has 2 N–H and O–H groups in total. The third-order valence-corrected chi connectivity index (χ3v) is 5.10. The van der Waals surface area contributed by atoms with Gasteiger partial charge in [-0.15, -0.1) is 11.8 Å². The van der Waals surface area contributed by atoms with E-state index in [1.807, 2.05) is 51.1 Å². The number of carbonyl (C=O) groups is 2. The standard InChI is InChI=1S/C22H22N2O3S/c1-14-10-15(2)12-18(11-14)24-21(25)16(3)28-19-7-4-6-17(13-19)23-22(26)20-8-5-9-27-20/h4-13,16H,1-3H3,(H,23,26)(H,24,25). The molecule has 0 bridgehead atoms. The third-order valence-electron chi connectivity index (χ3n) is 4.01. The maximum atomic E-state index is 12.5. The largest absolute Gasteiger partial charge is 0.459 e. The van der Waals surface area contributed by atoms with Gasteiger partial charge in [-0.25, -0.2) is 0 Å². The number of benzene rings is 2. The smallest absolute Gasteiger partial charge is 0.291 e. The van der Waals surface area contributed by atoms with Gasteiger partial charge in [-0.3, -0.25) is 9.59 Å². The van der Waals surface area contributed by atoms with E-state index in [2.05, 4.69) is 16.7 Å². The lowest BCUT2D eigenvalue weighted by molar-refractivity contribution is -0.115. The van der Waals surface area contributed by atoms with Crippen molar-refractivity contribution < 1.29 is 14.0 Å². The molecular formula is C22H22N2O3S. The monoisotopic (exact) mass is 394 g/mol. The van der Waals surface area contributed by atoms with Crippen molar-refractivity contribution in [2.24, 2.45) is 0 Å². The van der Waals surface area contributed by atoms with E-state index in [1.54, 1.807) is 18.2 Å². The first-order valence-electron chi connectivity index (χ1n) is 8.91. The van der Waals surface area contributed by atoms with Crippen molar-refractivity contribution in [2.45, 2.75) is 30.9 Å². The van der Waals surface area contributed by atoms with Crippen molar-refractivity contribution in [3.63, 3.8) is 0 Å². The molecule has 0 spiro atoms. The van der Waals surface area contributed by atoms with E-state index in [0.29, 0.717) is 5.69 Å². The van der Waals surface area contributed by atoms with Crippen LogP contribution >= 0.6 is 11.8 Å². The molecule has 0 fully saturated rings. The summed E-state index contributed by atoms with van der Waals surface area (Å²) in [4.78, 5) is 25.5. The van der Waals surface area contributed by atoms with E-state index >= 15 is 0 Å². The summed E-state index contributed by atoms with van der Waals surface area (Å²) in [5.41, 5.74) is 3.66. The highest BCUT2D eigenvalue weighted by Crippen LogP contribution is 2.27. The minimum absolute atomic E-state index is 0.0694. The Morgan fingerprint density at radius 1 is 0.929 bits per heavy atom. The van der Waals surface area contributed by atoms with Gasteiger partial charge in [-0.05, 0) is 74.4 Å². The van der Waals surface area contributed by atoms with Crippen LogP contribution in [0.25, 0.3) is 0 Å². The van der Waals surface area contributed by atoms with E-state index in [1.165, 1.54) is 18.0 Å². The number of hydrogen-bond acceptors (Lipinski definition) is 4. The molecule has 2 amide bonds. The lowest BCUT2D eigenvalue weighted by Crippen LogP contribution is -2.22. The van der Waals surface area contributed by atoms with E-state index in [4.69, 9.17) is 4.42 Å². The molecule has 1 unspecified atom stereocenters. The first-order valence-corrected chi connectivity index (χ1v) is 9.79.